The van der Waals surface area contributed by atoms with Gasteiger partial charge in [0.15, 0.2) is 0 Å². The van der Waals surface area contributed by atoms with Crippen molar-refractivity contribution in [1.82, 2.24) is 10.6 Å². The zero-order chi connectivity index (χ0) is 13.1. The molecule has 0 atom stereocenters. The van der Waals surface area contributed by atoms with E-state index in [9.17, 15) is 0 Å². The number of hydrogen-bond donors (Lipinski definition) is 2. The van der Waals surface area contributed by atoms with Crippen LogP contribution >= 0.6 is 0 Å². The summed E-state index contributed by atoms with van der Waals surface area (Å²) in [5, 5.41) is 7.00. The minimum absolute atomic E-state index is 0.236. The minimum Gasteiger partial charge on any atom is -0.279 e. The predicted molar refractivity (Wildman–Crippen MR) is 75.3 cm³/mol. The summed E-state index contributed by atoms with van der Waals surface area (Å²) in [5.41, 5.74) is 4.96. The zero-order valence-corrected chi connectivity index (χ0v) is 12.1. The third-order valence-electron chi connectivity index (χ3n) is 4.13. The molecule has 0 aromatic heterocycles. The van der Waals surface area contributed by atoms with Crippen molar-refractivity contribution >= 4 is 0 Å². The summed E-state index contributed by atoms with van der Waals surface area (Å²) >= 11 is 0. The molecule has 0 spiro atoms. The van der Waals surface area contributed by atoms with E-state index in [1.807, 2.05) is 0 Å². The average molecular weight is 244 g/mol. The molecule has 2 heteroatoms. The molecule has 0 unspecified atom stereocenters. The minimum atomic E-state index is 0.236. The second kappa shape index (κ2) is 3.58. The Hall–Kier alpha value is -0.860. The average Bonchev–Trinajstić information content (AvgIpc) is 2.63. The Balaban J connectivity index is 1.91. The molecule has 2 nitrogen and oxygen atoms in total. The number of hydrogen-bond acceptors (Lipinski definition) is 2. The van der Waals surface area contributed by atoms with Crippen molar-refractivity contribution in [2.24, 2.45) is 5.41 Å². The Labute approximate surface area is 110 Å². The standard InChI is InChI=1S/C16H24N2/c1-15(2,3)9-16(4,5)10-6-7-11-12(8-10)14-17-13(11)18-14/h6-8,13-14,17-18H,9H2,1-5H3. The second-order valence-corrected chi connectivity index (χ2v) is 7.66. The van der Waals surface area contributed by atoms with E-state index in [1.165, 1.54) is 23.1 Å². The van der Waals surface area contributed by atoms with Crippen molar-refractivity contribution in [3.8, 4) is 0 Å². The quantitative estimate of drug-likeness (QED) is 0.830. The van der Waals surface area contributed by atoms with Crippen molar-refractivity contribution in [1.29, 1.82) is 0 Å². The van der Waals surface area contributed by atoms with Gasteiger partial charge in [0.25, 0.3) is 0 Å². The highest BCUT2D eigenvalue weighted by Crippen LogP contribution is 2.43. The topological polar surface area (TPSA) is 24.1 Å². The molecule has 98 valence electrons. The Morgan fingerprint density at radius 2 is 1.56 bits per heavy atom. The van der Waals surface area contributed by atoms with Crippen LogP contribution in [0.5, 0.6) is 0 Å². The maximum absolute atomic E-state index is 3.50. The van der Waals surface area contributed by atoms with Crippen molar-refractivity contribution < 1.29 is 0 Å². The highest BCUT2D eigenvalue weighted by atomic mass is 15.4. The van der Waals surface area contributed by atoms with Crippen LogP contribution in [0.4, 0.5) is 0 Å². The Bertz CT molecular complexity index is 476. The molecule has 0 aliphatic carbocycles. The predicted octanol–water partition coefficient (Wildman–Crippen LogP) is 3.60. The molecule has 18 heavy (non-hydrogen) atoms. The molecular weight excluding hydrogens is 220 g/mol. The summed E-state index contributed by atoms with van der Waals surface area (Å²) in [6.07, 6.45) is 2.01. The molecule has 1 fully saturated rings. The summed E-state index contributed by atoms with van der Waals surface area (Å²) < 4.78 is 0. The zero-order valence-electron chi connectivity index (χ0n) is 12.1. The largest absolute Gasteiger partial charge is 0.279 e. The van der Waals surface area contributed by atoms with Gasteiger partial charge in [0, 0.05) is 0 Å². The monoisotopic (exact) mass is 244 g/mol. The Kier molecular flexibility index (Phi) is 2.43. The van der Waals surface area contributed by atoms with Crippen molar-refractivity contribution in [3.05, 3.63) is 34.9 Å². The molecule has 3 aliphatic rings. The first-order valence-electron chi connectivity index (χ1n) is 6.93. The van der Waals surface area contributed by atoms with Gasteiger partial charge in [0.05, 0.1) is 12.3 Å². The summed E-state index contributed by atoms with van der Waals surface area (Å²) in [6.45, 7) is 11.7. The molecule has 1 saturated heterocycles. The Morgan fingerprint density at radius 1 is 0.944 bits per heavy atom. The lowest BCUT2D eigenvalue weighted by atomic mass is 9.72. The smallest absolute Gasteiger partial charge is 0.0868 e. The van der Waals surface area contributed by atoms with Crippen LogP contribution in [0.15, 0.2) is 18.2 Å². The van der Waals surface area contributed by atoms with Gasteiger partial charge >= 0.3 is 0 Å². The van der Waals surface area contributed by atoms with Gasteiger partial charge in [-0.25, -0.2) is 0 Å². The van der Waals surface area contributed by atoms with E-state index in [1.54, 1.807) is 0 Å². The van der Waals surface area contributed by atoms with E-state index in [2.05, 4.69) is 63.5 Å². The molecule has 2 bridgehead atoms. The molecule has 4 rings (SSSR count). The van der Waals surface area contributed by atoms with E-state index >= 15 is 0 Å². The van der Waals surface area contributed by atoms with Crippen LogP contribution in [0, 0.1) is 5.41 Å². The molecule has 3 aliphatic heterocycles. The molecule has 1 aromatic rings. The number of benzene rings is 1. The van der Waals surface area contributed by atoms with Crippen molar-refractivity contribution in [2.75, 3.05) is 0 Å². The molecular formula is C16H24N2. The van der Waals surface area contributed by atoms with E-state index < -0.39 is 0 Å². The maximum atomic E-state index is 3.50. The fraction of sp³-hybridized carbons (Fsp3) is 0.625. The van der Waals surface area contributed by atoms with Crippen LogP contribution < -0.4 is 10.6 Å². The number of rotatable bonds is 2. The molecule has 2 N–H and O–H groups in total. The van der Waals surface area contributed by atoms with Crippen molar-refractivity contribution in [3.63, 3.8) is 0 Å². The van der Waals surface area contributed by atoms with Crippen LogP contribution in [0.2, 0.25) is 0 Å². The Morgan fingerprint density at radius 3 is 2.17 bits per heavy atom. The SMILES string of the molecule is CC(C)(C)CC(C)(C)c1ccc2c(c1)C1NC2N1. The first-order valence-corrected chi connectivity index (χ1v) is 6.93. The van der Waals surface area contributed by atoms with Gasteiger partial charge in [-0.2, -0.15) is 0 Å². The van der Waals surface area contributed by atoms with Gasteiger partial charge in [-0.05, 0) is 33.9 Å². The fourth-order valence-electron chi connectivity index (χ4n) is 3.63. The number of nitrogens with one attached hydrogen (secondary N) is 2. The normalized spacial score (nSPS) is 25.8. The highest BCUT2D eigenvalue weighted by Gasteiger charge is 2.41. The van der Waals surface area contributed by atoms with Crippen molar-refractivity contribution in [2.45, 2.75) is 58.8 Å². The fourth-order valence-corrected chi connectivity index (χ4v) is 3.63. The van der Waals surface area contributed by atoms with Crippen LogP contribution in [-0.2, 0) is 5.41 Å². The van der Waals surface area contributed by atoms with Crippen LogP contribution in [-0.4, -0.2) is 0 Å². The lowest BCUT2D eigenvalue weighted by Gasteiger charge is -2.33. The van der Waals surface area contributed by atoms with Gasteiger partial charge in [-0.3, -0.25) is 10.6 Å². The van der Waals surface area contributed by atoms with E-state index in [0.29, 0.717) is 17.7 Å². The van der Waals surface area contributed by atoms with Crippen LogP contribution in [0.25, 0.3) is 0 Å². The third-order valence-corrected chi connectivity index (χ3v) is 4.13. The molecule has 0 radical (unpaired) electrons. The summed E-state index contributed by atoms with van der Waals surface area (Å²) in [4.78, 5) is 0. The summed E-state index contributed by atoms with van der Waals surface area (Å²) in [7, 11) is 0. The maximum Gasteiger partial charge on any atom is 0.0868 e. The van der Waals surface area contributed by atoms with Gasteiger partial charge < -0.3 is 0 Å². The van der Waals surface area contributed by atoms with Gasteiger partial charge in [-0.1, -0.05) is 52.8 Å². The molecule has 0 saturated carbocycles. The summed E-state index contributed by atoms with van der Waals surface area (Å²) in [6, 6.07) is 7.01. The van der Waals surface area contributed by atoms with E-state index in [4.69, 9.17) is 0 Å². The first-order chi connectivity index (χ1) is 8.26. The highest BCUT2D eigenvalue weighted by molar-refractivity contribution is 5.45. The lowest BCUT2D eigenvalue weighted by Crippen LogP contribution is -2.47. The first kappa shape index (κ1) is 12.2. The molecule has 3 heterocycles. The summed E-state index contributed by atoms with van der Waals surface area (Å²) in [5.74, 6) is 0. The van der Waals surface area contributed by atoms with Crippen LogP contribution in [0.3, 0.4) is 0 Å². The van der Waals surface area contributed by atoms with Crippen LogP contribution in [0.1, 0.15) is 70.1 Å². The van der Waals surface area contributed by atoms with Gasteiger partial charge in [0.2, 0.25) is 0 Å². The van der Waals surface area contributed by atoms with E-state index in [-0.39, 0.29) is 5.41 Å². The van der Waals surface area contributed by atoms with Gasteiger partial charge in [-0.15, -0.1) is 0 Å². The lowest BCUT2D eigenvalue weighted by molar-refractivity contribution is 0.247. The third kappa shape index (κ3) is 1.88. The van der Waals surface area contributed by atoms with E-state index in [0.717, 1.165) is 0 Å². The second-order valence-electron chi connectivity index (χ2n) is 7.66. The van der Waals surface area contributed by atoms with Gasteiger partial charge in [0.1, 0.15) is 0 Å². The molecule has 0 amide bonds. The molecule has 1 aromatic carbocycles.